The van der Waals surface area contributed by atoms with Gasteiger partial charge in [0.05, 0.1) is 12.2 Å². The number of anilines is 1. The van der Waals surface area contributed by atoms with Crippen LogP contribution in [-0.4, -0.2) is 44.6 Å². The second kappa shape index (κ2) is 7.90. The Morgan fingerprint density at radius 1 is 1.45 bits per heavy atom. The van der Waals surface area contributed by atoms with Crippen LogP contribution in [0.4, 0.5) is 5.13 Å². The summed E-state index contributed by atoms with van der Waals surface area (Å²) >= 11 is 1.42. The smallest absolute Gasteiger partial charge is 0.240 e. The zero-order chi connectivity index (χ0) is 15.9. The molecule has 0 radical (unpaired) electrons. The largest absolute Gasteiger partial charge is 0.299 e. The maximum Gasteiger partial charge on any atom is 0.240 e. The second-order valence-corrected chi connectivity index (χ2v) is 6.09. The van der Waals surface area contributed by atoms with E-state index in [9.17, 15) is 4.79 Å². The highest BCUT2D eigenvalue weighted by atomic mass is 32.1. The van der Waals surface area contributed by atoms with E-state index in [1.54, 1.807) is 6.20 Å². The first-order chi connectivity index (χ1) is 10.6. The molecule has 0 spiro atoms. The van der Waals surface area contributed by atoms with Gasteiger partial charge in [0.1, 0.15) is 11.3 Å². The number of carbonyl (C=O) groups is 1. The number of rotatable bonds is 7. The number of likely N-dealkylation sites (N-methyl/N-ethyl adjacent to an activating group) is 1. The van der Waals surface area contributed by atoms with Crippen molar-refractivity contribution < 1.29 is 4.79 Å². The van der Waals surface area contributed by atoms with E-state index in [2.05, 4.69) is 32.4 Å². The van der Waals surface area contributed by atoms with Gasteiger partial charge in [-0.1, -0.05) is 18.3 Å². The first kappa shape index (κ1) is 16.4. The molecule has 22 heavy (non-hydrogen) atoms. The number of aromatic nitrogens is 4. The van der Waals surface area contributed by atoms with E-state index in [-0.39, 0.29) is 18.5 Å². The Hall–Kier alpha value is -1.93. The molecule has 1 amide bonds. The van der Waals surface area contributed by atoms with Gasteiger partial charge >= 0.3 is 0 Å². The van der Waals surface area contributed by atoms with Gasteiger partial charge in [0, 0.05) is 18.7 Å². The minimum atomic E-state index is -0.109. The van der Waals surface area contributed by atoms with Crippen LogP contribution in [0.25, 0.3) is 0 Å². The van der Waals surface area contributed by atoms with Crippen LogP contribution < -0.4 is 5.32 Å². The molecule has 0 aromatic carbocycles. The molecule has 0 bridgehead atoms. The summed E-state index contributed by atoms with van der Waals surface area (Å²) in [6.07, 6.45) is 5.11. The fourth-order valence-electron chi connectivity index (χ4n) is 1.92. The first-order valence-electron chi connectivity index (χ1n) is 7.18. The molecule has 0 fully saturated rings. The monoisotopic (exact) mass is 320 g/mol. The predicted octanol–water partition coefficient (Wildman–Crippen LogP) is 1.91. The molecular weight excluding hydrogens is 300 g/mol. The van der Waals surface area contributed by atoms with Crippen LogP contribution in [0.15, 0.2) is 18.6 Å². The molecule has 2 rings (SSSR count). The number of nitrogens with one attached hydrogen (secondary N) is 1. The average molecular weight is 320 g/mol. The van der Waals surface area contributed by atoms with Gasteiger partial charge in [-0.05, 0) is 26.5 Å². The number of nitrogens with zero attached hydrogens (tertiary/aromatic N) is 5. The Morgan fingerprint density at radius 2 is 2.27 bits per heavy atom. The molecule has 0 aliphatic heterocycles. The van der Waals surface area contributed by atoms with Gasteiger partial charge in [-0.3, -0.25) is 15.0 Å². The summed E-state index contributed by atoms with van der Waals surface area (Å²) in [6.45, 7) is 4.34. The Kier molecular flexibility index (Phi) is 5.91. The first-order valence-corrected chi connectivity index (χ1v) is 8.00. The molecule has 7 nitrogen and oxygen atoms in total. The van der Waals surface area contributed by atoms with Crippen LogP contribution in [0, 0.1) is 0 Å². The van der Waals surface area contributed by atoms with Crippen molar-refractivity contribution in [1.82, 2.24) is 25.1 Å². The van der Waals surface area contributed by atoms with E-state index >= 15 is 0 Å². The van der Waals surface area contributed by atoms with Gasteiger partial charge < -0.3 is 0 Å². The molecule has 2 heterocycles. The molecule has 2 aromatic heterocycles. The molecule has 1 atom stereocenters. The van der Waals surface area contributed by atoms with Crippen molar-refractivity contribution in [2.45, 2.75) is 32.7 Å². The summed E-state index contributed by atoms with van der Waals surface area (Å²) in [5.41, 5.74) is 0.881. The zero-order valence-electron chi connectivity index (χ0n) is 13.0. The van der Waals surface area contributed by atoms with E-state index in [0.717, 1.165) is 23.5 Å². The fourth-order valence-corrected chi connectivity index (χ4v) is 2.77. The zero-order valence-corrected chi connectivity index (χ0v) is 13.8. The predicted molar refractivity (Wildman–Crippen MR) is 85.6 cm³/mol. The summed E-state index contributed by atoms with van der Waals surface area (Å²) < 4.78 is 0. The SMILES string of the molecule is CCCc1nnc(NC(=O)CN(C)[C@@H](C)c2ccncn2)s1. The third kappa shape index (κ3) is 4.54. The third-order valence-corrected chi connectivity index (χ3v) is 4.16. The van der Waals surface area contributed by atoms with E-state index in [1.165, 1.54) is 17.7 Å². The topological polar surface area (TPSA) is 83.9 Å². The van der Waals surface area contributed by atoms with Crippen molar-refractivity contribution in [1.29, 1.82) is 0 Å². The second-order valence-electron chi connectivity index (χ2n) is 5.02. The van der Waals surface area contributed by atoms with Gasteiger partial charge in [0.2, 0.25) is 11.0 Å². The Labute approximate surface area is 133 Å². The molecule has 118 valence electrons. The Bertz CT molecular complexity index is 602. The lowest BCUT2D eigenvalue weighted by molar-refractivity contribution is -0.117. The lowest BCUT2D eigenvalue weighted by atomic mass is 10.2. The summed E-state index contributed by atoms with van der Waals surface area (Å²) in [6, 6.07) is 1.87. The highest BCUT2D eigenvalue weighted by Gasteiger charge is 2.16. The highest BCUT2D eigenvalue weighted by molar-refractivity contribution is 7.15. The molecular formula is C14H20N6OS. The summed E-state index contributed by atoms with van der Waals surface area (Å²) in [5, 5.41) is 12.3. The maximum atomic E-state index is 12.1. The quantitative estimate of drug-likeness (QED) is 0.839. The van der Waals surface area contributed by atoms with Crippen molar-refractivity contribution in [3.63, 3.8) is 0 Å². The molecule has 0 aliphatic carbocycles. The van der Waals surface area contributed by atoms with E-state index in [0.29, 0.717) is 5.13 Å². The number of aryl methyl sites for hydroxylation is 1. The van der Waals surface area contributed by atoms with Gasteiger partial charge in [-0.15, -0.1) is 10.2 Å². The lowest BCUT2D eigenvalue weighted by Gasteiger charge is -2.23. The lowest BCUT2D eigenvalue weighted by Crippen LogP contribution is -2.32. The van der Waals surface area contributed by atoms with Crippen LogP contribution in [0.5, 0.6) is 0 Å². The minimum Gasteiger partial charge on any atom is -0.299 e. The number of carbonyl (C=O) groups excluding carboxylic acids is 1. The van der Waals surface area contributed by atoms with Crippen LogP contribution >= 0.6 is 11.3 Å². The molecule has 1 N–H and O–H groups in total. The normalized spacial score (nSPS) is 12.4. The van der Waals surface area contributed by atoms with Crippen molar-refractivity contribution in [3.8, 4) is 0 Å². The molecule has 0 unspecified atom stereocenters. The summed E-state index contributed by atoms with van der Waals surface area (Å²) in [4.78, 5) is 22.1. The van der Waals surface area contributed by atoms with Crippen LogP contribution in [-0.2, 0) is 11.2 Å². The number of amides is 1. The van der Waals surface area contributed by atoms with Crippen LogP contribution in [0.1, 0.15) is 37.0 Å². The molecule has 2 aromatic rings. The van der Waals surface area contributed by atoms with E-state index in [4.69, 9.17) is 0 Å². The van der Waals surface area contributed by atoms with E-state index in [1.807, 2.05) is 24.9 Å². The standard InChI is InChI=1S/C14H20N6OS/c1-4-5-13-18-19-14(22-13)17-12(21)8-20(3)10(2)11-6-7-15-9-16-11/h6-7,9-10H,4-5,8H2,1-3H3,(H,17,19,21)/t10-/m0/s1. The minimum absolute atomic E-state index is 0.0267. The summed E-state index contributed by atoms with van der Waals surface area (Å²) in [5.74, 6) is -0.109. The molecule has 0 aliphatic rings. The van der Waals surface area contributed by atoms with Gasteiger partial charge in [-0.25, -0.2) is 9.97 Å². The molecule has 0 saturated carbocycles. The third-order valence-electron chi connectivity index (χ3n) is 3.26. The number of hydrogen-bond donors (Lipinski definition) is 1. The van der Waals surface area contributed by atoms with Crippen molar-refractivity contribution in [2.24, 2.45) is 0 Å². The van der Waals surface area contributed by atoms with Crippen LogP contribution in [0.3, 0.4) is 0 Å². The van der Waals surface area contributed by atoms with Crippen molar-refractivity contribution >= 4 is 22.4 Å². The Balaban J connectivity index is 1.88. The van der Waals surface area contributed by atoms with Crippen molar-refractivity contribution in [3.05, 3.63) is 29.3 Å². The van der Waals surface area contributed by atoms with E-state index < -0.39 is 0 Å². The maximum absolute atomic E-state index is 12.1. The molecule has 0 saturated heterocycles. The van der Waals surface area contributed by atoms with Gasteiger partial charge in [0.15, 0.2) is 0 Å². The van der Waals surface area contributed by atoms with Crippen LogP contribution in [0.2, 0.25) is 0 Å². The highest BCUT2D eigenvalue weighted by Crippen LogP contribution is 2.18. The van der Waals surface area contributed by atoms with Gasteiger partial charge in [0.25, 0.3) is 0 Å². The average Bonchev–Trinajstić information content (AvgIpc) is 2.94. The Morgan fingerprint density at radius 3 is 2.95 bits per heavy atom. The summed E-state index contributed by atoms with van der Waals surface area (Å²) in [7, 11) is 1.88. The van der Waals surface area contributed by atoms with Crippen molar-refractivity contribution in [2.75, 3.05) is 18.9 Å². The van der Waals surface area contributed by atoms with Gasteiger partial charge in [-0.2, -0.15) is 0 Å². The molecule has 8 heteroatoms. The fraction of sp³-hybridized carbons (Fsp3) is 0.500. The number of hydrogen-bond acceptors (Lipinski definition) is 7.